The van der Waals surface area contributed by atoms with E-state index in [9.17, 15) is 4.39 Å². The van der Waals surface area contributed by atoms with Crippen molar-refractivity contribution in [3.8, 4) is 0 Å². The zero-order valence-electron chi connectivity index (χ0n) is 13.0. The molecule has 20 heavy (non-hydrogen) atoms. The molecule has 0 saturated heterocycles. The quantitative estimate of drug-likeness (QED) is 0.829. The minimum atomic E-state index is -0.182. The van der Waals surface area contributed by atoms with E-state index in [-0.39, 0.29) is 11.9 Å². The fourth-order valence-electron chi connectivity index (χ4n) is 2.44. The third-order valence-electron chi connectivity index (χ3n) is 3.92. The van der Waals surface area contributed by atoms with Crippen molar-refractivity contribution in [1.29, 1.82) is 0 Å². The number of nitrogens with zero attached hydrogens (tertiary/aromatic N) is 2. The summed E-state index contributed by atoms with van der Waals surface area (Å²) in [5.74, 6) is 0.877. The van der Waals surface area contributed by atoms with Gasteiger partial charge in [0.05, 0.1) is 0 Å². The minimum absolute atomic E-state index is 0.182. The number of aromatic nitrogens is 1. The van der Waals surface area contributed by atoms with Crippen molar-refractivity contribution in [2.24, 2.45) is 5.92 Å². The van der Waals surface area contributed by atoms with E-state index in [1.165, 1.54) is 12.8 Å². The first-order valence-corrected chi connectivity index (χ1v) is 7.58. The van der Waals surface area contributed by atoms with Gasteiger partial charge < -0.3 is 10.2 Å². The van der Waals surface area contributed by atoms with Gasteiger partial charge in [-0.25, -0.2) is 9.37 Å². The van der Waals surface area contributed by atoms with Gasteiger partial charge in [0.2, 0.25) is 0 Å². The maximum Gasteiger partial charge on any atom is 0.170 e. The van der Waals surface area contributed by atoms with Crippen LogP contribution in [-0.4, -0.2) is 24.1 Å². The van der Waals surface area contributed by atoms with Crippen molar-refractivity contribution in [2.45, 2.75) is 58.7 Å². The van der Waals surface area contributed by atoms with Crippen molar-refractivity contribution < 1.29 is 4.39 Å². The van der Waals surface area contributed by atoms with E-state index in [1.54, 1.807) is 12.3 Å². The molecule has 2 rings (SSSR count). The summed E-state index contributed by atoms with van der Waals surface area (Å²) in [6.45, 7) is 7.09. The third-order valence-corrected chi connectivity index (χ3v) is 3.92. The topological polar surface area (TPSA) is 28.2 Å². The lowest BCUT2D eigenvalue weighted by Gasteiger charge is -2.28. The molecule has 1 saturated carbocycles. The average molecular weight is 279 g/mol. The van der Waals surface area contributed by atoms with Gasteiger partial charge in [0.1, 0.15) is 0 Å². The average Bonchev–Trinajstić information content (AvgIpc) is 3.20. The molecule has 1 aliphatic rings. The Morgan fingerprint density at radius 2 is 2.10 bits per heavy atom. The van der Waals surface area contributed by atoms with Crippen molar-refractivity contribution >= 4 is 5.82 Å². The van der Waals surface area contributed by atoms with E-state index in [0.717, 1.165) is 6.42 Å². The monoisotopic (exact) mass is 279 g/mol. The maximum atomic E-state index is 14.5. The molecule has 112 valence electrons. The van der Waals surface area contributed by atoms with E-state index in [2.05, 4.69) is 31.1 Å². The Bertz CT molecular complexity index is 443. The van der Waals surface area contributed by atoms with Crippen molar-refractivity contribution in [2.75, 3.05) is 11.9 Å². The van der Waals surface area contributed by atoms with Crippen LogP contribution in [0.1, 0.15) is 45.6 Å². The Labute approximate surface area is 121 Å². The molecule has 1 aliphatic carbocycles. The Kier molecular flexibility index (Phi) is 4.97. The number of rotatable bonds is 7. The number of hydrogen-bond acceptors (Lipinski definition) is 3. The lowest BCUT2D eigenvalue weighted by Crippen LogP contribution is -2.32. The number of halogens is 1. The molecule has 1 aromatic rings. The highest BCUT2D eigenvalue weighted by Gasteiger charge is 2.22. The van der Waals surface area contributed by atoms with Crippen LogP contribution in [0.2, 0.25) is 0 Å². The van der Waals surface area contributed by atoms with Crippen molar-refractivity contribution in [3.05, 3.63) is 23.6 Å². The SMILES string of the molecule is CC(C)CC(C)N(C)c1nccc(CNC2CC2)c1F. The van der Waals surface area contributed by atoms with Crippen LogP contribution < -0.4 is 10.2 Å². The Morgan fingerprint density at radius 3 is 2.70 bits per heavy atom. The standard InChI is InChI=1S/C16H26FN3/c1-11(2)9-12(3)20(4)16-15(17)13(7-8-18-16)10-19-14-5-6-14/h7-8,11-12,14,19H,5-6,9-10H2,1-4H3. The van der Waals surface area contributed by atoms with Crippen LogP contribution >= 0.6 is 0 Å². The summed E-state index contributed by atoms with van der Waals surface area (Å²) >= 11 is 0. The molecule has 0 aliphatic heterocycles. The second kappa shape index (κ2) is 6.53. The van der Waals surface area contributed by atoms with Gasteiger partial charge in [-0.15, -0.1) is 0 Å². The first-order chi connectivity index (χ1) is 9.49. The predicted octanol–water partition coefficient (Wildman–Crippen LogP) is 3.34. The van der Waals surface area contributed by atoms with E-state index in [1.807, 2.05) is 11.9 Å². The van der Waals surface area contributed by atoms with Gasteiger partial charge in [-0.05, 0) is 38.2 Å². The van der Waals surface area contributed by atoms with Crippen LogP contribution in [0, 0.1) is 11.7 Å². The van der Waals surface area contributed by atoms with E-state index in [4.69, 9.17) is 0 Å². The molecule has 1 N–H and O–H groups in total. The summed E-state index contributed by atoms with van der Waals surface area (Å²) < 4.78 is 14.5. The number of anilines is 1. The highest BCUT2D eigenvalue weighted by atomic mass is 19.1. The van der Waals surface area contributed by atoms with Gasteiger partial charge in [-0.1, -0.05) is 13.8 Å². The maximum absolute atomic E-state index is 14.5. The third kappa shape index (κ3) is 3.92. The summed E-state index contributed by atoms with van der Waals surface area (Å²) in [6.07, 6.45) is 5.17. The van der Waals surface area contributed by atoms with Gasteiger partial charge in [-0.2, -0.15) is 0 Å². The molecule has 0 amide bonds. The summed E-state index contributed by atoms with van der Waals surface area (Å²) in [5.41, 5.74) is 0.713. The molecule has 1 aromatic heterocycles. The fraction of sp³-hybridized carbons (Fsp3) is 0.688. The summed E-state index contributed by atoms with van der Waals surface area (Å²) in [7, 11) is 1.93. The van der Waals surface area contributed by atoms with Crippen LogP contribution in [0.4, 0.5) is 10.2 Å². The molecule has 3 nitrogen and oxygen atoms in total. The largest absolute Gasteiger partial charge is 0.355 e. The second-order valence-electron chi connectivity index (χ2n) is 6.35. The molecular formula is C16H26FN3. The van der Waals surface area contributed by atoms with Gasteiger partial charge >= 0.3 is 0 Å². The van der Waals surface area contributed by atoms with Crippen LogP contribution in [0.3, 0.4) is 0 Å². The molecular weight excluding hydrogens is 253 g/mol. The van der Waals surface area contributed by atoms with E-state index < -0.39 is 0 Å². The molecule has 0 aromatic carbocycles. The predicted molar refractivity (Wildman–Crippen MR) is 81.4 cm³/mol. The highest BCUT2D eigenvalue weighted by molar-refractivity contribution is 5.43. The second-order valence-corrected chi connectivity index (χ2v) is 6.35. The molecule has 4 heteroatoms. The zero-order valence-corrected chi connectivity index (χ0v) is 13.0. The summed E-state index contributed by atoms with van der Waals surface area (Å²) in [6, 6.07) is 2.64. The van der Waals surface area contributed by atoms with Crippen LogP contribution in [0.5, 0.6) is 0 Å². The first kappa shape index (κ1) is 15.2. The van der Waals surface area contributed by atoms with Gasteiger partial charge in [0, 0.05) is 37.4 Å². The molecule has 0 bridgehead atoms. The molecule has 1 atom stereocenters. The van der Waals surface area contributed by atoms with Gasteiger partial charge in [-0.3, -0.25) is 0 Å². The van der Waals surface area contributed by atoms with Crippen molar-refractivity contribution in [1.82, 2.24) is 10.3 Å². The number of nitrogens with one attached hydrogen (secondary N) is 1. The molecule has 1 heterocycles. The van der Waals surface area contributed by atoms with Crippen LogP contribution in [-0.2, 0) is 6.54 Å². The number of hydrogen-bond donors (Lipinski definition) is 1. The van der Waals surface area contributed by atoms with Gasteiger partial charge in [0.15, 0.2) is 11.6 Å². The first-order valence-electron chi connectivity index (χ1n) is 7.58. The van der Waals surface area contributed by atoms with Crippen LogP contribution in [0.25, 0.3) is 0 Å². The van der Waals surface area contributed by atoms with E-state index >= 15 is 0 Å². The zero-order chi connectivity index (χ0) is 14.7. The lowest BCUT2D eigenvalue weighted by atomic mass is 10.0. The lowest BCUT2D eigenvalue weighted by molar-refractivity contribution is 0.492. The fourth-order valence-corrected chi connectivity index (χ4v) is 2.44. The number of pyridine rings is 1. The Balaban J connectivity index is 2.07. The van der Waals surface area contributed by atoms with Gasteiger partial charge in [0.25, 0.3) is 0 Å². The van der Waals surface area contributed by atoms with Crippen molar-refractivity contribution in [3.63, 3.8) is 0 Å². The smallest absolute Gasteiger partial charge is 0.170 e. The van der Waals surface area contributed by atoms with Crippen LogP contribution in [0.15, 0.2) is 12.3 Å². The molecule has 1 fully saturated rings. The normalized spacial score (nSPS) is 16.5. The molecule has 1 unspecified atom stereocenters. The highest BCUT2D eigenvalue weighted by Crippen LogP contribution is 2.24. The minimum Gasteiger partial charge on any atom is -0.355 e. The van der Waals surface area contributed by atoms with E-state index in [0.29, 0.717) is 29.9 Å². The Hall–Kier alpha value is -1.16. The molecule has 0 spiro atoms. The summed E-state index contributed by atoms with van der Waals surface area (Å²) in [5, 5.41) is 3.36. The Morgan fingerprint density at radius 1 is 1.40 bits per heavy atom. The summed E-state index contributed by atoms with van der Waals surface area (Å²) in [4.78, 5) is 6.19. The molecule has 0 radical (unpaired) electrons.